The zero-order valence-electron chi connectivity index (χ0n) is 17.8. The molecule has 0 N–H and O–H groups in total. The molecule has 162 valence electrons. The van der Waals surface area contributed by atoms with Gasteiger partial charge in [-0.3, -0.25) is 0 Å². The Kier molecular flexibility index (Phi) is 8.65. The van der Waals surface area contributed by atoms with Gasteiger partial charge >= 0.3 is 20.1 Å². The molecule has 0 aliphatic rings. The Labute approximate surface area is 207 Å². The third-order valence-corrected chi connectivity index (χ3v) is 4.85. The first-order valence-corrected chi connectivity index (χ1v) is 10.2. The fraction of sp³-hybridized carbons (Fsp3) is 0. The van der Waals surface area contributed by atoms with Crippen molar-refractivity contribution in [2.24, 2.45) is 0 Å². The van der Waals surface area contributed by atoms with Crippen LogP contribution < -0.4 is 4.57 Å². The Hall–Kier alpha value is -3.59. The molecule has 5 rings (SSSR count). The first kappa shape index (κ1) is 24.1. The van der Waals surface area contributed by atoms with Gasteiger partial charge in [0, 0.05) is 13.2 Å². The van der Waals surface area contributed by atoms with Crippen molar-refractivity contribution >= 4 is 0 Å². The molecule has 0 radical (unpaired) electrons. The second-order valence-corrected chi connectivity index (χ2v) is 7.05. The van der Waals surface area contributed by atoms with Gasteiger partial charge in [-0.25, -0.2) is 4.39 Å². The largest absolute Gasteiger partial charge is 3.00 e. The van der Waals surface area contributed by atoms with Gasteiger partial charge in [0.25, 0.3) is 0 Å². The molecule has 4 heteroatoms. The maximum absolute atomic E-state index is 12.9. The second kappa shape index (κ2) is 11.9. The molecule has 0 bridgehead atoms. The Morgan fingerprint density at radius 3 is 1.91 bits per heavy atom. The number of rotatable bonds is 3. The van der Waals surface area contributed by atoms with Crippen molar-refractivity contribution in [3.63, 3.8) is 0 Å². The normalized spacial score (nSPS) is 9.85. The number of aromatic nitrogens is 2. The molecule has 2 heterocycles. The molecule has 3 aromatic carbocycles. The van der Waals surface area contributed by atoms with Crippen molar-refractivity contribution < 1.29 is 29.1 Å². The van der Waals surface area contributed by atoms with Crippen molar-refractivity contribution in [3.05, 3.63) is 141 Å². The monoisotopic (exact) mass is 609 g/mol. The summed E-state index contributed by atoms with van der Waals surface area (Å²) in [6, 6.07) is 38.2. The summed E-state index contributed by atoms with van der Waals surface area (Å²) < 4.78 is 14.7. The van der Waals surface area contributed by atoms with Gasteiger partial charge in [-0.1, -0.05) is 42.0 Å². The predicted molar refractivity (Wildman–Crippen MR) is 126 cm³/mol. The molecule has 0 unspecified atom stereocenters. The van der Waals surface area contributed by atoms with Crippen molar-refractivity contribution in [1.29, 1.82) is 0 Å². The number of hydrogen-bond acceptors (Lipinski definition) is 1. The molecule has 2 aromatic heterocycles. The molecule has 5 aromatic rings. The van der Waals surface area contributed by atoms with Gasteiger partial charge < -0.3 is 9.55 Å². The minimum atomic E-state index is -0.229. The van der Waals surface area contributed by atoms with Crippen LogP contribution in [0.3, 0.4) is 0 Å². The van der Waals surface area contributed by atoms with Crippen LogP contribution in [0.1, 0.15) is 0 Å². The van der Waals surface area contributed by atoms with E-state index in [1.165, 1.54) is 12.1 Å². The second-order valence-electron chi connectivity index (χ2n) is 7.05. The zero-order chi connectivity index (χ0) is 22.2. The van der Waals surface area contributed by atoms with E-state index in [4.69, 9.17) is 0 Å². The van der Waals surface area contributed by atoms with Crippen LogP contribution in [0.2, 0.25) is 0 Å². The Bertz CT molecular complexity index is 1260. The summed E-state index contributed by atoms with van der Waals surface area (Å²) in [7, 11) is 3.89. The standard InChI is InChI=1S/C17H11FN.C12H10N.Ir/c18-16-9-6-13(7-10-16)15-8-11-17(19-12-15)14-4-2-1-3-5-14;1-13-10-6-5-9-12(13)11-7-3-2-4-8-11;/h1-4,6-12H;2-7,9-10H,1H2;/q2*-1;+3. The van der Waals surface area contributed by atoms with Gasteiger partial charge in [-0.05, 0) is 35.0 Å². The number of nitrogens with zero attached hydrogens (tertiary/aromatic N) is 2. The molecular weight excluding hydrogens is 588 g/mol. The van der Waals surface area contributed by atoms with E-state index in [-0.39, 0.29) is 25.9 Å². The van der Waals surface area contributed by atoms with E-state index in [2.05, 4.69) is 24.2 Å². The summed E-state index contributed by atoms with van der Waals surface area (Å²) in [5.41, 5.74) is 5.91. The molecule has 0 fully saturated rings. The summed E-state index contributed by atoms with van der Waals surface area (Å²) in [4.78, 5) is 4.42. The van der Waals surface area contributed by atoms with Gasteiger partial charge in [0.15, 0.2) is 0 Å². The third-order valence-electron chi connectivity index (χ3n) is 4.85. The van der Waals surface area contributed by atoms with Crippen LogP contribution in [-0.2, 0) is 20.1 Å². The van der Waals surface area contributed by atoms with Gasteiger partial charge in [-0.2, -0.15) is 0 Å². The fourth-order valence-corrected chi connectivity index (χ4v) is 3.19. The summed E-state index contributed by atoms with van der Waals surface area (Å²) in [5.74, 6) is -0.229. The molecule has 33 heavy (non-hydrogen) atoms. The number of halogens is 1. The number of hydrogen-bond donors (Lipinski definition) is 0. The fourth-order valence-electron chi connectivity index (χ4n) is 3.19. The van der Waals surface area contributed by atoms with Gasteiger partial charge in [-0.15, -0.1) is 66.2 Å². The maximum Gasteiger partial charge on any atom is 3.00 e. The predicted octanol–water partition coefficient (Wildman–Crippen LogP) is 6.43. The molecule has 0 saturated heterocycles. The van der Waals surface area contributed by atoms with Crippen molar-refractivity contribution in [2.75, 3.05) is 0 Å². The van der Waals surface area contributed by atoms with Crippen LogP contribution in [-0.4, -0.2) is 4.98 Å². The molecule has 0 spiro atoms. The van der Waals surface area contributed by atoms with Crippen LogP contribution in [0.4, 0.5) is 4.39 Å². The molecular formula is C29H21FIrN2+. The molecule has 0 atom stereocenters. The molecule has 0 amide bonds. The molecule has 2 nitrogen and oxygen atoms in total. The van der Waals surface area contributed by atoms with E-state index < -0.39 is 0 Å². The number of pyridine rings is 2. The first-order chi connectivity index (χ1) is 15.7. The minimum Gasteiger partial charge on any atom is -0.321 e. The van der Waals surface area contributed by atoms with E-state index in [0.29, 0.717) is 0 Å². The Morgan fingerprint density at radius 1 is 0.697 bits per heavy atom. The van der Waals surface area contributed by atoms with Crippen LogP contribution in [0.25, 0.3) is 33.6 Å². The SMILES string of the molecule is Fc1ccc(-c2ccc(-c3[c-]cccc3)nc2)cc1.[CH2-][n+]1ccccc1-c1[c-]cccc1.[Ir+3]. The molecule has 0 aliphatic carbocycles. The third kappa shape index (κ3) is 6.45. The van der Waals surface area contributed by atoms with Crippen LogP contribution >= 0.6 is 0 Å². The van der Waals surface area contributed by atoms with E-state index >= 15 is 0 Å². The summed E-state index contributed by atoms with van der Waals surface area (Å²) >= 11 is 0. The first-order valence-electron chi connectivity index (χ1n) is 10.2. The van der Waals surface area contributed by atoms with E-state index in [1.54, 1.807) is 18.3 Å². The van der Waals surface area contributed by atoms with Gasteiger partial charge in [0.1, 0.15) is 11.5 Å². The van der Waals surface area contributed by atoms with Gasteiger partial charge in [0.05, 0.1) is 6.20 Å². The minimum absolute atomic E-state index is 0. The summed E-state index contributed by atoms with van der Waals surface area (Å²) in [6.45, 7) is 0. The Balaban J connectivity index is 0.000000192. The topological polar surface area (TPSA) is 16.8 Å². The van der Waals surface area contributed by atoms with Crippen molar-refractivity contribution in [1.82, 2.24) is 4.98 Å². The zero-order valence-corrected chi connectivity index (χ0v) is 20.2. The average Bonchev–Trinajstić information content (AvgIpc) is 2.86. The van der Waals surface area contributed by atoms with Crippen molar-refractivity contribution in [2.45, 2.75) is 0 Å². The van der Waals surface area contributed by atoms with E-state index in [0.717, 1.165) is 33.6 Å². The van der Waals surface area contributed by atoms with E-state index in [1.807, 2.05) is 89.6 Å². The molecule has 0 saturated carbocycles. The number of benzene rings is 3. The molecule has 0 aliphatic heterocycles. The van der Waals surface area contributed by atoms with Crippen LogP contribution in [0.15, 0.2) is 116 Å². The summed E-state index contributed by atoms with van der Waals surface area (Å²) in [5, 5.41) is 0. The van der Waals surface area contributed by atoms with Crippen molar-refractivity contribution in [3.8, 4) is 33.6 Å². The maximum atomic E-state index is 12.9. The quantitative estimate of drug-likeness (QED) is 0.170. The van der Waals surface area contributed by atoms with Crippen LogP contribution in [0.5, 0.6) is 0 Å². The summed E-state index contributed by atoms with van der Waals surface area (Å²) in [6.07, 6.45) is 3.72. The van der Waals surface area contributed by atoms with Gasteiger partial charge in [0.2, 0.25) is 0 Å². The van der Waals surface area contributed by atoms with E-state index in [9.17, 15) is 4.39 Å². The average molecular weight is 609 g/mol. The Morgan fingerprint density at radius 2 is 1.33 bits per heavy atom. The smallest absolute Gasteiger partial charge is 0.321 e. The van der Waals surface area contributed by atoms with Crippen LogP contribution in [0, 0.1) is 25.0 Å².